The Labute approximate surface area is 170 Å². The van der Waals surface area contributed by atoms with E-state index in [0.29, 0.717) is 12.5 Å². The van der Waals surface area contributed by atoms with Crippen LogP contribution in [-0.4, -0.2) is 73.8 Å². The molecule has 0 saturated carbocycles. The molecule has 28 heavy (non-hydrogen) atoms. The zero-order valence-corrected chi connectivity index (χ0v) is 18.3. The van der Waals surface area contributed by atoms with E-state index in [1.807, 2.05) is 0 Å². The van der Waals surface area contributed by atoms with E-state index in [2.05, 4.69) is 64.5 Å². The van der Waals surface area contributed by atoms with Gasteiger partial charge in [0.25, 0.3) is 0 Å². The second-order valence-electron chi connectivity index (χ2n) is 7.71. The molecule has 2 heterocycles. The lowest BCUT2D eigenvalue weighted by Gasteiger charge is -2.20. The Bertz CT molecular complexity index is 569. The summed E-state index contributed by atoms with van der Waals surface area (Å²) in [6, 6.07) is 2.06. The molecule has 7 nitrogen and oxygen atoms in total. The molecule has 1 saturated heterocycles. The third kappa shape index (κ3) is 7.80. The van der Waals surface area contributed by atoms with E-state index in [-0.39, 0.29) is 0 Å². The van der Waals surface area contributed by atoms with Gasteiger partial charge in [0.05, 0.1) is 5.69 Å². The summed E-state index contributed by atoms with van der Waals surface area (Å²) in [5.74, 6) is 2.15. The maximum Gasteiger partial charge on any atom is 0.191 e. The third-order valence-corrected chi connectivity index (χ3v) is 5.47. The molecule has 2 N–H and O–H groups in total. The molecule has 0 spiro atoms. The minimum atomic E-state index is 0.478. The fourth-order valence-corrected chi connectivity index (χ4v) is 3.63. The first-order valence-corrected chi connectivity index (χ1v) is 11.0. The predicted molar refractivity (Wildman–Crippen MR) is 116 cm³/mol. The first-order chi connectivity index (χ1) is 13.7. The number of rotatable bonds is 10. The number of nitrogens with zero attached hydrogens (tertiary/aromatic N) is 4. The van der Waals surface area contributed by atoms with Crippen LogP contribution in [0.4, 0.5) is 0 Å². The molecule has 1 fully saturated rings. The molecular formula is C21H40N6O. The average molecular weight is 393 g/mol. The zero-order valence-electron chi connectivity index (χ0n) is 18.3. The van der Waals surface area contributed by atoms with Gasteiger partial charge in [-0.25, -0.2) is 4.99 Å². The zero-order chi connectivity index (χ0) is 20.2. The molecule has 2 rings (SSSR count). The van der Waals surface area contributed by atoms with Gasteiger partial charge in [-0.3, -0.25) is 0 Å². The number of guanidine groups is 1. The quantitative estimate of drug-likeness (QED) is 0.362. The summed E-state index contributed by atoms with van der Waals surface area (Å²) < 4.78 is 5.48. The Morgan fingerprint density at radius 3 is 2.75 bits per heavy atom. The summed E-state index contributed by atoms with van der Waals surface area (Å²) in [7, 11) is 2.21. The molecule has 1 aromatic rings. The van der Waals surface area contributed by atoms with Crippen LogP contribution in [0.3, 0.4) is 0 Å². The molecule has 0 atom stereocenters. The normalized spacial score (nSPS) is 17.1. The molecule has 7 heteroatoms. The number of likely N-dealkylation sites (N-methyl/N-ethyl adjacent to an activating group) is 1. The standard InChI is InChI=1S/C21H40N6O/c1-5-18(6-2)20-16-19(28-25-20)17-24-21(22-7-3)23-10-8-12-27-13-9-11-26(4)14-15-27/h16,18H,5-15,17H2,1-4H3,(H2,22,23,24). The molecule has 0 radical (unpaired) electrons. The van der Waals surface area contributed by atoms with Crippen molar-refractivity contribution in [3.8, 4) is 0 Å². The van der Waals surface area contributed by atoms with Gasteiger partial charge in [0.2, 0.25) is 0 Å². The van der Waals surface area contributed by atoms with Crippen LogP contribution in [0.15, 0.2) is 15.6 Å². The lowest BCUT2D eigenvalue weighted by atomic mass is 9.99. The van der Waals surface area contributed by atoms with Crippen molar-refractivity contribution < 1.29 is 4.52 Å². The molecule has 0 aliphatic carbocycles. The lowest BCUT2D eigenvalue weighted by Crippen LogP contribution is -2.39. The summed E-state index contributed by atoms with van der Waals surface area (Å²) in [5.41, 5.74) is 1.05. The number of hydrogen-bond donors (Lipinski definition) is 2. The van der Waals surface area contributed by atoms with Crippen LogP contribution >= 0.6 is 0 Å². The number of aliphatic imine (C=N–C) groups is 1. The highest BCUT2D eigenvalue weighted by Gasteiger charge is 2.13. The summed E-state index contributed by atoms with van der Waals surface area (Å²) in [6.07, 6.45) is 4.56. The Balaban J connectivity index is 1.75. The van der Waals surface area contributed by atoms with Gasteiger partial charge in [0, 0.05) is 38.2 Å². The summed E-state index contributed by atoms with van der Waals surface area (Å²) in [4.78, 5) is 9.65. The van der Waals surface area contributed by atoms with Crippen molar-refractivity contribution in [2.24, 2.45) is 4.99 Å². The second kappa shape index (κ2) is 12.8. The van der Waals surface area contributed by atoms with Crippen LogP contribution in [0, 0.1) is 0 Å². The highest BCUT2D eigenvalue weighted by molar-refractivity contribution is 5.79. The molecule has 0 aromatic carbocycles. The summed E-state index contributed by atoms with van der Waals surface area (Å²) >= 11 is 0. The van der Waals surface area contributed by atoms with Crippen molar-refractivity contribution in [1.82, 2.24) is 25.6 Å². The van der Waals surface area contributed by atoms with Gasteiger partial charge in [-0.15, -0.1) is 0 Å². The molecule has 160 valence electrons. The molecular weight excluding hydrogens is 352 g/mol. The van der Waals surface area contributed by atoms with E-state index < -0.39 is 0 Å². The topological polar surface area (TPSA) is 68.9 Å². The van der Waals surface area contributed by atoms with E-state index >= 15 is 0 Å². The van der Waals surface area contributed by atoms with Crippen LogP contribution in [0.1, 0.15) is 63.8 Å². The van der Waals surface area contributed by atoms with E-state index in [1.165, 1.54) is 32.6 Å². The van der Waals surface area contributed by atoms with Gasteiger partial charge in [-0.1, -0.05) is 19.0 Å². The van der Waals surface area contributed by atoms with Gasteiger partial charge in [-0.2, -0.15) is 0 Å². The molecule has 0 unspecified atom stereocenters. The molecule has 1 aliphatic rings. The van der Waals surface area contributed by atoms with Crippen LogP contribution in [0.5, 0.6) is 0 Å². The molecule has 0 bridgehead atoms. The van der Waals surface area contributed by atoms with Crippen LogP contribution < -0.4 is 10.6 Å². The maximum atomic E-state index is 5.48. The third-order valence-electron chi connectivity index (χ3n) is 5.47. The minimum absolute atomic E-state index is 0.478. The minimum Gasteiger partial charge on any atom is -0.359 e. The molecule has 0 amide bonds. The van der Waals surface area contributed by atoms with Gasteiger partial charge >= 0.3 is 0 Å². The van der Waals surface area contributed by atoms with Gasteiger partial charge in [-0.05, 0) is 59.3 Å². The lowest BCUT2D eigenvalue weighted by molar-refractivity contribution is 0.274. The number of hydrogen-bond acceptors (Lipinski definition) is 5. The smallest absolute Gasteiger partial charge is 0.191 e. The average Bonchev–Trinajstić information content (AvgIpc) is 3.06. The van der Waals surface area contributed by atoms with Gasteiger partial charge in [0.1, 0.15) is 6.54 Å². The first-order valence-electron chi connectivity index (χ1n) is 11.0. The van der Waals surface area contributed by atoms with E-state index in [9.17, 15) is 0 Å². The van der Waals surface area contributed by atoms with E-state index in [1.54, 1.807) is 0 Å². The van der Waals surface area contributed by atoms with Crippen molar-refractivity contribution in [3.63, 3.8) is 0 Å². The fourth-order valence-electron chi connectivity index (χ4n) is 3.63. The largest absolute Gasteiger partial charge is 0.359 e. The monoisotopic (exact) mass is 392 g/mol. The van der Waals surface area contributed by atoms with Crippen molar-refractivity contribution >= 4 is 5.96 Å². The Kier molecular flexibility index (Phi) is 10.4. The number of nitrogens with one attached hydrogen (secondary N) is 2. The van der Waals surface area contributed by atoms with Crippen molar-refractivity contribution in [2.75, 3.05) is 52.9 Å². The van der Waals surface area contributed by atoms with Crippen molar-refractivity contribution in [1.29, 1.82) is 0 Å². The van der Waals surface area contributed by atoms with Crippen LogP contribution in [0.25, 0.3) is 0 Å². The first kappa shape index (κ1) is 22.7. The van der Waals surface area contributed by atoms with E-state index in [4.69, 9.17) is 4.52 Å². The highest BCUT2D eigenvalue weighted by atomic mass is 16.5. The van der Waals surface area contributed by atoms with Crippen LogP contribution in [0.2, 0.25) is 0 Å². The Morgan fingerprint density at radius 1 is 1.18 bits per heavy atom. The van der Waals surface area contributed by atoms with Crippen LogP contribution in [-0.2, 0) is 6.54 Å². The summed E-state index contributed by atoms with van der Waals surface area (Å²) in [6.45, 7) is 14.7. The molecule has 1 aromatic heterocycles. The van der Waals surface area contributed by atoms with Crippen molar-refractivity contribution in [2.45, 2.75) is 58.9 Å². The van der Waals surface area contributed by atoms with Gasteiger partial charge < -0.3 is 25.0 Å². The predicted octanol–water partition coefficient (Wildman–Crippen LogP) is 2.66. The Hall–Kier alpha value is -1.60. The SMILES string of the molecule is CCNC(=NCc1cc(C(CC)CC)no1)NCCCN1CCCN(C)CC1. The summed E-state index contributed by atoms with van der Waals surface area (Å²) in [5, 5.41) is 11.0. The van der Waals surface area contributed by atoms with Crippen molar-refractivity contribution in [3.05, 3.63) is 17.5 Å². The van der Waals surface area contributed by atoms with E-state index in [0.717, 1.165) is 56.3 Å². The second-order valence-corrected chi connectivity index (χ2v) is 7.71. The van der Waals surface area contributed by atoms with Gasteiger partial charge in [0.15, 0.2) is 11.7 Å². The fraction of sp³-hybridized carbons (Fsp3) is 0.810. The number of aromatic nitrogens is 1. The Morgan fingerprint density at radius 2 is 2.00 bits per heavy atom. The highest BCUT2D eigenvalue weighted by Crippen LogP contribution is 2.22. The maximum absolute atomic E-state index is 5.48. The molecule has 1 aliphatic heterocycles.